The van der Waals surface area contributed by atoms with Crippen LogP contribution < -0.4 is 5.56 Å². The van der Waals surface area contributed by atoms with Gasteiger partial charge < -0.3 is 4.42 Å². The van der Waals surface area contributed by atoms with Crippen molar-refractivity contribution in [3.63, 3.8) is 0 Å². The molecule has 0 aliphatic rings. The molecule has 0 atom stereocenters. The molecule has 7 heteroatoms. The first-order valence-electron chi connectivity index (χ1n) is 6.42. The predicted octanol–water partition coefficient (Wildman–Crippen LogP) is 3.66. The topological polar surface area (TPSA) is 60.4 Å². The van der Waals surface area contributed by atoms with E-state index in [1.54, 1.807) is 29.9 Å². The molecule has 0 spiro atoms. The second-order valence-corrected chi connectivity index (χ2v) is 6.14. The van der Waals surface area contributed by atoms with E-state index in [0.29, 0.717) is 16.0 Å². The largest absolute Gasteiger partial charge is 0.464 e. The monoisotopic (exact) mass is 327 g/mol. The Morgan fingerprint density at radius 1 is 1.32 bits per heavy atom. The minimum absolute atomic E-state index is 0.205. The van der Waals surface area contributed by atoms with E-state index < -0.39 is 0 Å². The molecule has 5 nitrogen and oxygen atoms in total. The Hall–Kier alpha value is -2.51. The molecule has 108 valence electrons. The van der Waals surface area contributed by atoms with E-state index >= 15 is 0 Å². The zero-order chi connectivity index (χ0) is 14.9. The summed E-state index contributed by atoms with van der Waals surface area (Å²) in [6.45, 7) is 0. The van der Waals surface area contributed by atoms with Gasteiger partial charge in [-0.1, -0.05) is 0 Å². The lowest BCUT2D eigenvalue weighted by Crippen LogP contribution is -2.16. The van der Waals surface area contributed by atoms with E-state index in [1.165, 1.54) is 22.3 Å². The van der Waals surface area contributed by atoms with Crippen molar-refractivity contribution in [2.45, 2.75) is 0 Å². The molecule has 0 bridgehead atoms. The van der Waals surface area contributed by atoms with Crippen LogP contribution in [-0.2, 0) is 0 Å². The van der Waals surface area contributed by atoms with Gasteiger partial charge in [0.15, 0.2) is 0 Å². The Kier molecular flexibility index (Phi) is 3.21. The smallest absolute Gasteiger partial charge is 0.283 e. The van der Waals surface area contributed by atoms with Crippen molar-refractivity contribution in [3.8, 4) is 11.3 Å². The standard InChI is InChI=1S/C15H9N3O2S2/c19-15-13-11(12-2-1-4-20-12)8-22-14(13)16-9-18(15)17-6-10-3-5-21-7-10/h1-9H/b17-6-. The van der Waals surface area contributed by atoms with Gasteiger partial charge in [-0.15, -0.1) is 11.3 Å². The van der Waals surface area contributed by atoms with Crippen LogP contribution in [0.1, 0.15) is 5.56 Å². The van der Waals surface area contributed by atoms with Crippen molar-refractivity contribution in [2.75, 3.05) is 0 Å². The summed E-state index contributed by atoms with van der Waals surface area (Å²) < 4.78 is 6.64. The molecule has 0 saturated heterocycles. The molecule has 4 aromatic heterocycles. The second-order valence-electron chi connectivity index (χ2n) is 4.50. The Bertz CT molecular complexity index is 995. The van der Waals surface area contributed by atoms with E-state index in [-0.39, 0.29) is 5.56 Å². The maximum Gasteiger partial charge on any atom is 0.283 e. The average Bonchev–Trinajstić information content (AvgIpc) is 3.27. The highest BCUT2D eigenvalue weighted by atomic mass is 32.1. The molecule has 0 unspecified atom stereocenters. The number of furan rings is 1. The minimum Gasteiger partial charge on any atom is -0.464 e. The molecule has 0 radical (unpaired) electrons. The van der Waals surface area contributed by atoms with Crippen LogP contribution in [0.4, 0.5) is 0 Å². The first-order valence-corrected chi connectivity index (χ1v) is 8.24. The quantitative estimate of drug-likeness (QED) is 0.540. The van der Waals surface area contributed by atoms with Crippen LogP contribution >= 0.6 is 22.7 Å². The van der Waals surface area contributed by atoms with Crippen LogP contribution in [0.25, 0.3) is 21.5 Å². The summed E-state index contributed by atoms with van der Waals surface area (Å²) >= 11 is 2.99. The number of hydrogen-bond acceptors (Lipinski definition) is 6. The SMILES string of the molecule is O=c1c2c(-c3ccco3)csc2ncn1/N=C\c1ccsc1. The third kappa shape index (κ3) is 2.20. The molecule has 4 aromatic rings. The molecule has 0 fully saturated rings. The Morgan fingerprint density at radius 3 is 3.05 bits per heavy atom. The van der Waals surface area contributed by atoms with Crippen LogP contribution in [0.5, 0.6) is 0 Å². The molecule has 0 N–H and O–H groups in total. The predicted molar refractivity (Wildman–Crippen MR) is 88.9 cm³/mol. The average molecular weight is 327 g/mol. The van der Waals surface area contributed by atoms with Crippen molar-refractivity contribution in [1.29, 1.82) is 0 Å². The number of aromatic nitrogens is 2. The lowest BCUT2D eigenvalue weighted by atomic mass is 10.2. The van der Waals surface area contributed by atoms with E-state index in [1.807, 2.05) is 28.3 Å². The summed E-state index contributed by atoms with van der Waals surface area (Å²) in [6, 6.07) is 5.55. The summed E-state index contributed by atoms with van der Waals surface area (Å²) in [5.74, 6) is 0.657. The highest BCUT2D eigenvalue weighted by molar-refractivity contribution is 7.17. The second kappa shape index (κ2) is 5.36. The van der Waals surface area contributed by atoms with Gasteiger partial charge in [-0.2, -0.15) is 21.1 Å². The first-order chi connectivity index (χ1) is 10.8. The van der Waals surface area contributed by atoms with E-state index in [4.69, 9.17) is 4.42 Å². The van der Waals surface area contributed by atoms with E-state index in [2.05, 4.69) is 10.1 Å². The summed E-state index contributed by atoms with van der Waals surface area (Å²) in [4.78, 5) is 17.6. The fourth-order valence-electron chi connectivity index (χ4n) is 2.10. The van der Waals surface area contributed by atoms with Crippen molar-refractivity contribution in [2.24, 2.45) is 5.10 Å². The number of thiophene rings is 2. The molecule has 0 aromatic carbocycles. The van der Waals surface area contributed by atoms with Gasteiger partial charge in [0.05, 0.1) is 17.9 Å². The first kappa shape index (κ1) is 13.2. The van der Waals surface area contributed by atoms with Gasteiger partial charge >= 0.3 is 0 Å². The van der Waals surface area contributed by atoms with Crippen molar-refractivity contribution in [1.82, 2.24) is 9.66 Å². The van der Waals surface area contributed by atoms with E-state index in [9.17, 15) is 4.79 Å². The number of fused-ring (bicyclic) bond motifs is 1. The van der Waals surface area contributed by atoms with Gasteiger partial charge in [0.25, 0.3) is 5.56 Å². The molecular weight excluding hydrogens is 318 g/mol. The number of hydrogen-bond donors (Lipinski definition) is 0. The van der Waals surface area contributed by atoms with E-state index in [0.717, 1.165) is 11.1 Å². The Labute approximate surface area is 132 Å². The minimum atomic E-state index is -0.205. The lowest BCUT2D eigenvalue weighted by molar-refractivity contribution is 0.583. The summed E-state index contributed by atoms with van der Waals surface area (Å²) in [5.41, 5.74) is 1.50. The summed E-state index contributed by atoms with van der Waals surface area (Å²) in [7, 11) is 0. The van der Waals surface area contributed by atoms with Gasteiger partial charge in [-0.25, -0.2) is 4.98 Å². The maximum absolute atomic E-state index is 12.6. The van der Waals surface area contributed by atoms with Crippen LogP contribution in [0.15, 0.2) is 61.2 Å². The molecule has 0 aliphatic carbocycles. The highest BCUT2D eigenvalue weighted by Gasteiger charge is 2.14. The van der Waals surface area contributed by atoms with Gasteiger partial charge in [0.2, 0.25) is 0 Å². The van der Waals surface area contributed by atoms with Crippen LogP contribution in [-0.4, -0.2) is 15.9 Å². The number of nitrogens with zero attached hydrogens (tertiary/aromatic N) is 3. The molecule has 0 amide bonds. The summed E-state index contributed by atoms with van der Waals surface area (Å²) in [5, 5.41) is 10.5. The molecule has 0 aliphatic heterocycles. The fourth-order valence-corrected chi connectivity index (χ4v) is 3.59. The third-order valence-corrected chi connectivity index (χ3v) is 4.73. The molecule has 22 heavy (non-hydrogen) atoms. The van der Waals surface area contributed by atoms with Crippen molar-refractivity contribution in [3.05, 3.63) is 62.8 Å². The molecular formula is C15H9N3O2S2. The highest BCUT2D eigenvalue weighted by Crippen LogP contribution is 2.30. The van der Waals surface area contributed by atoms with Crippen LogP contribution in [0, 0.1) is 0 Å². The third-order valence-electron chi connectivity index (χ3n) is 3.14. The summed E-state index contributed by atoms with van der Waals surface area (Å²) in [6.07, 6.45) is 4.67. The van der Waals surface area contributed by atoms with Crippen LogP contribution in [0.3, 0.4) is 0 Å². The molecule has 4 rings (SSSR count). The van der Waals surface area contributed by atoms with Gasteiger partial charge in [0.1, 0.15) is 16.9 Å². The number of rotatable bonds is 3. The Balaban J connectivity index is 1.86. The van der Waals surface area contributed by atoms with Crippen LogP contribution in [0.2, 0.25) is 0 Å². The van der Waals surface area contributed by atoms with Gasteiger partial charge in [-0.05, 0) is 29.0 Å². The Morgan fingerprint density at radius 2 is 2.27 bits per heavy atom. The lowest BCUT2D eigenvalue weighted by Gasteiger charge is -1.98. The fraction of sp³-hybridized carbons (Fsp3) is 0. The normalized spacial score (nSPS) is 11.6. The molecule has 0 saturated carbocycles. The maximum atomic E-state index is 12.6. The van der Waals surface area contributed by atoms with Gasteiger partial charge in [-0.3, -0.25) is 4.79 Å². The zero-order valence-electron chi connectivity index (χ0n) is 11.2. The van der Waals surface area contributed by atoms with Crippen molar-refractivity contribution >= 4 is 39.1 Å². The molecule has 4 heterocycles. The zero-order valence-corrected chi connectivity index (χ0v) is 12.8. The van der Waals surface area contributed by atoms with Crippen molar-refractivity contribution < 1.29 is 4.42 Å². The van der Waals surface area contributed by atoms with Gasteiger partial charge in [0, 0.05) is 16.5 Å².